The lowest BCUT2D eigenvalue weighted by Crippen LogP contribution is -2.52. The lowest BCUT2D eigenvalue weighted by molar-refractivity contribution is -0.126. The smallest absolute Gasteiger partial charge is 0.240 e. The molecule has 0 saturated carbocycles. The van der Waals surface area contributed by atoms with E-state index < -0.39 is 15.4 Å². The maximum absolute atomic E-state index is 12.1. The van der Waals surface area contributed by atoms with E-state index in [-0.39, 0.29) is 29.3 Å². The van der Waals surface area contributed by atoms with Crippen LogP contribution in [0.3, 0.4) is 0 Å². The van der Waals surface area contributed by atoms with Crippen molar-refractivity contribution in [3.8, 4) is 0 Å². The topological polar surface area (TPSA) is 89.3 Å². The van der Waals surface area contributed by atoms with Gasteiger partial charge < -0.3 is 11.1 Å². The molecule has 1 aromatic rings. The van der Waals surface area contributed by atoms with Crippen molar-refractivity contribution in [1.82, 2.24) is 5.32 Å². The van der Waals surface area contributed by atoms with Crippen LogP contribution in [0.15, 0.2) is 29.2 Å². The molecular formula is C15H25ClN2O3S. The number of nitrogens with one attached hydrogen (secondary N) is 1. The Morgan fingerprint density at radius 2 is 1.82 bits per heavy atom. The van der Waals surface area contributed by atoms with Gasteiger partial charge in [-0.25, -0.2) is 8.42 Å². The third-order valence-corrected chi connectivity index (χ3v) is 4.57. The minimum Gasteiger partial charge on any atom is -0.348 e. The Balaban J connectivity index is 0.00000441. The third-order valence-electron chi connectivity index (χ3n) is 3.44. The maximum atomic E-state index is 12.1. The van der Waals surface area contributed by atoms with E-state index in [4.69, 9.17) is 5.73 Å². The van der Waals surface area contributed by atoms with Gasteiger partial charge in [-0.2, -0.15) is 0 Å². The minimum absolute atomic E-state index is 0. The Bertz CT molecular complexity index is 598. The molecule has 0 heterocycles. The second-order valence-electron chi connectivity index (χ2n) is 5.70. The van der Waals surface area contributed by atoms with Crippen molar-refractivity contribution in [3.05, 3.63) is 29.8 Å². The predicted octanol–water partition coefficient (Wildman–Crippen LogP) is 2.21. The number of rotatable bonds is 6. The van der Waals surface area contributed by atoms with Crippen molar-refractivity contribution < 1.29 is 13.2 Å². The summed E-state index contributed by atoms with van der Waals surface area (Å²) in [6.07, 6.45) is 2.61. The molecule has 0 fully saturated rings. The van der Waals surface area contributed by atoms with E-state index in [0.29, 0.717) is 6.42 Å². The third kappa shape index (κ3) is 5.59. The summed E-state index contributed by atoms with van der Waals surface area (Å²) in [6, 6.07) is 6.26. The average molecular weight is 349 g/mol. The first-order valence-corrected chi connectivity index (χ1v) is 8.87. The van der Waals surface area contributed by atoms with E-state index in [9.17, 15) is 13.2 Å². The van der Waals surface area contributed by atoms with E-state index in [0.717, 1.165) is 18.2 Å². The van der Waals surface area contributed by atoms with Crippen LogP contribution >= 0.6 is 12.4 Å². The number of benzene rings is 1. The van der Waals surface area contributed by atoms with Crippen LogP contribution in [0.25, 0.3) is 0 Å². The van der Waals surface area contributed by atoms with Crippen LogP contribution in [-0.2, 0) is 14.6 Å². The van der Waals surface area contributed by atoms with Crippen molar-refractivity contribution in [2.24, 2.45) is 5.73 Å². The standard InChI is InChI=1S/C15H24N2O3S.ClH/c1-5-10-15(3,16)14(18)17-11(2)12-6-8-13(9-7-12)21(4,19)20;/h6-9,11H,5,10,16H2,1-4H3,(H,17,18);1H. The molecule has 0 radical (unpaired) electrons. The van der Waals surface area contributed by atoms with E-state index in [1.165, 1.54) is 0 Å². The molecule has 1 amide bonds. The molecule has 0 aliphatic rings. The highest BCUT2D eigenvalue weighted by Gasteiger charge is 2.28. The van der Waals surface area contributed by atoms with Gasteiger partial charge in [-0.1, -0.05) is 25.5 Å². The largest absolute Gasteiger partial charge is 0.348 e. The first kappa shape index (κ1) is 20.9. The minimum atomic E-state index is -3.21. The molecule has 1 rings (SSSR count). The van der Waals surface area contributed by atoms with Crippen LogP contribution < -0.4 is 11.1 Å². The molecule has 0 aromatic heterocycles. The number of amides is 1. The molecule has 0 saturated heterocycles. The van der Waals surface area contributed by atoms with Crippen LogP contribution in [-0.4, -0.2) is 26.1 Å². The SMILES string of the molecule is CCCC(C)(N)C(=O)NC(C)c1ccc(S(C)(=O)=O)cc1.Cl. The Morgan fingerprint density at radius 3 is 2.23 bits per heavy atom. The summed E-state index contributed by atoms with van der Waals surface area (Å²) < 4.78 is 22.8. The van der Waals surface area contributed by atoms with Gasteiger partial charge >= 0.3 is 0 Å². The van der Waals surface area contributed by atoms with Gasteiger partial charge in [-0.15, -0.1) is 12.4 Å². The van der Waals surface area contributed by atoms with Gasteiger partial charge in [0, 0.05) is 6.26 Å². The summed E-state index contributed by atoms with van der Waals surface area (Å²) in [5.41, 5.74) is 5.93. The predicted molar refractivity (Wildman–Crippen MR) is 90.9 cm³/mol. The van der Waals surface area contributed by atoms with Crippen LogP contribution in [0.5, 0.6) is 0 Å². The van der Waals surface area contributed by atoms with E-state index in [2.05, 4.69) is 5.32 Å². The van der Waals surface area contributed by atoms with Gasteiger partial charge in [-0.05, 0) is 38.0 Å². The molecule has 1 aromatic carbocycles. The normalized spacial score (nSPS) is 15.3. The summed E-state index contributed by atoms with van der Waals surface area (Å²) in [4.78, 5) is 12.4. The number of hydrogen-bond donors (Lipinski definition) is 2. The zero-order valence-electron chi connectivity index (χ0n) is 13.4. The van der Waals surface area contributed by atoms with Gasteiger partial charge in [0.05, 0.1) is 16.5 Å². The molecule has 3 N–H and O–H groups in total. The lowest BCUT2D eigenvalue weighted by atomic mass is 9.95. The molecule has 2 atom stereocenters. The van der Waals surface area contributed by atoms with Gasteiger partial charge in [0.1, 0.15) is 0 Å². The van der Waals surface area contributed by atoms with Crippen molar-refractivity contribution >= 4 is 28.2 Å². The molecule has 7 heteroatoms. The summed E-state index contributed by atoms with van der Waals surface area (Å²) in [5, 5.41) is 2.87. The Kier molecular flexibility index (Phi) is 7.54. The van der Waals surface area contributed by atoms with Gasteiger partial charge in [0.15, 0.2) is 9.84 Å². The van der Waals surface area contributed by atoms with Crippen LogP contribution in [0.4, 0.5) is 0 Å². The fourth-order valence-corrected chi connectivity index (χ4v) is 2.71. The molecule has 2 unspecified atom stereocenters. The first-order chi connectivity index (χ1) is 9.58. The summed E-state index contributed by atoms with van der Waals surface area (Å²) >= 11 is 0. The van der Waals surface area contributed by atoms with Crippen molar-refractivity contribution in [1.29, 1.82) is 0 Å². The summed E-state index contributed by atoms with van der Waals surface area (Å²) in [6.45, 7) is 5.53. The number of carbonyl (C=O) groups is 1. The van der Waals surface area contributed by atoms with Crippen LogP contribution in [0.2, 0.25) is 0 Å². The lowest BCUT2D eigenvalue weighted by Gasteiger charge is -2.25. The van der Waals surface area contributed by atoms with Gasteiger partial charge in [-0.3, -0.25) is 4.79 Å². The number of nitrogens with two attached hydrogens (primary N) is 1. The number of halogens is 1. The molecule has 0 bridgehead atoms. The number of carbonyl (C=O) groups excluding carboxylic acids is 1. The molecule has 0 aliphatic carbocycles. The Labute approximate surface area is 139 Å². The van der Waals surface area contributed by atoms with Crippen LogP contribution in [0, 0.1) is 0 Å². The van der Waals surface area contributed by atoms with Crippen molar-refractivity contribution in [2.75, 3.05) is 6.26 Å². The fourth-order valence-electron chi connectivity index (χ4n) is 2.08. The van der Waals surface area contributed by atoms with Gasteiger partial charge in [0.25, 0.3) is 0 Å². The highest BCUT2D eigenvalue weighted by Crippen LogP contribution is 2.18. The molecule has 5 nitrogen and oxygen atoms in total. The summed E-state index contributed by atoms with van der Waals surface area (Å²) in [7, 11) is -3.21. The van der Waals surface area contributed by atoms with E-state index in [1.807, 2.05) is 13.8 Å². The monoisotopic (exact) mass is 348 g/mol. The highest BCUT2D eigenvalue weighted by atomic mass is 35.5. The average Bonchev–Trinajstić information content (AvgIpc) is 2.37. The second-order valence-corrected chi connectivity index (χ2v) is 7.72. The van der Waals surface area contributed by atoms with Crippen LogP contribution in [0.1, 0.15) is 45.2 Å². The summed E-state index contributed by atoms with van der Waals surface area (Å²) in [5.74, 6) is -0.205. The Morgan fingerprint density at radius 1 is 1.32 bits per heavy atom. The fraction of sp³-hybridized carbons (Fsp3) is 0.533. The molecule has 0 spiro atoms. The highest BCUT2D eigenvalue weighted by molar-refractivity contribution is 7.90. The second kappa shape index (κ2) is 7.94. The van der Waals surface area contributed by atoms with Crippen molar-refractivity contribution in [2.45, 2.75) is 50.1 Å². The first-order valence-electron chi connectivity index (χ1n) is 6.98. The Hall–Kier alpha value is -1.11. The number of hydrogen-bond acceptors (Lipinski definition) is 4. The quantitative estimate of drug-likeness (QED) is 0.824. The molecule has 22 heavy (non-hydrogen) atoms. The van der Waals surface area contributed by atoms with Gasteiger partial charge in [0.2, 0.25) is 5.91 Å². The molecular weight excluding hydrogens is 324 g/mol. The molecule has 0 aliphatic heterocycles. The zero-order chi connectivity index (χ0) is 16.3. The zero-order valence-corrected chi connectivity index (χ0v) is 15.1. The van der Waals surface area contributed by atoms with E-state index >= 15 is 0 Å². The van der Waals surface area contributed by atoms with E-state index in [1.54, 1.807) is 31.2 Å². The van der Waals surface area contributed by atoms with Crippen molar-refractivity contribution in [3.63, 3.8) is 0 Å². The molecule has 126 valence electrons. The maximum Gasteiger partial charge on any atom is 0.240 e. The number of sulfone groups is 1.